The van der Waals surface area contributed by atoms with Gasteiger partial charge in [-0.1, -0.05) is 49.4 Å². The van der Waals surface area contributed by atoms with Crippen LogP contribution in [-0.2, 0) is 11.2 Å². The molecule has 0 spiro atoms. The Labute approximate surface area is 150 Å². The number of oxazole rings is 1. The molecule has 0 fully saturated rings. The number of hydrogen-bond donors (Lipinski definition) is 1. The summed E-state index contributed by atoms with van der Waals surface area (Å²) in [6, 6.07) is 8.26. The van der Waals surface area contributed by atoms with Crippen LogP contribution in [0.25, 0.3) is 11.3 Å². The van der Waals surface area contributed by atoms with Gasteiger partial charge >= 0.3 is 0 Å². The minimum atomic E-state index is -0.128. The largest absolute Gasteiger partial charge is 0.441 e. The fourth-order valence-electron chi connectivity index (χ4n) is 2.34. The van der Waals surface area contributed by atoms with E-state index in [9.17, 15) is 4.79 Å². The van der Waals surface area contributed by atoms with Gasteiger partial charge in [-0.15, -0.1) is 10.2 Å². The topological polar surface area (TPSA) is 80.9 Å². The third-order valence-electron chi connectivity index (χ3n) is 3.75. The molecule has 0 saturated heterocycles. The summed E-state index contributed by atoms with van der Waals surface area (Å²) in [6.07, 6.45) is 2.42. The molecule has 130 valence electrons. The van der Waals surface area contributed by atoms with Crippen molar-refractivity contribution in [3.8, 4) is 11.3 Å². The molecule has 2 heterocycles. The standard InChI is InChI=1S/C18H20N4O2S/c1-11(2)13-4-6-14(7-5-13)15-10-19-17(24-15)9-8-16(23)20-18-22-21-12(3)25-18/h4-7,10-11H,8-9H2,1-3H3,(H,20,22,23). The number of hydrogen-bond acceptors (Lipinski definition) is 6. The van der Waals surface area contributed by atoms with Gasteiger partial charge in [-0.3, -0.25) is 4.79 Å². The van der Waals surface area contributed by atoms with Gasteiger partial charge in [0.15, 0.2) is 11.7 Å². The van der Waals surface area contributed by atoms with E-state index in [4.69, 9.17) is 4.42 Å². The fourth-order valence-corrected chi connectivity index (χ4v) is 2.95. The number of rotatable bonds is 6. The Hall–Kier alpha value is -2.54. The van der Waals surface area contributed by atoms with Crippen molar-refractivity contribution in [1.82, 2.24) is 15.2 Å². The van der Waals surface area contributed by atoms with E-state index in [1.165, 1.54) is 16.9 Å². The van der Waals surface area contributed by atoms with Crippen molar-refractivity contribution in [3.63, 3.8) is 0 Å². The SMILES string of the molecule is Cc1nnc(NC(=O)CCc2ncc(-c3ccc(C(C)C)cc3)o2)s1. The maximum absolute atomic E-state index is 11.9. The summed E-state index contributed by atoms with van der Waals surface area (Å²) in [5.41, 5.74) is 2.27. The maximum atomic E-state index is 11.9. The number of nitrogens with zero attached hydrogens (tertiary/aromatic N) is 3. The number of aromatic nitrogens is 3. The second-order valence-electron chi connectivity index (χ2n) is 6.07. The molecular weight excluding hydrogens is 336 g/mol. The normalized spacial score (nSPS) is 11.0. The lowest BCUT2D eigenvalue weighted by Gasteiger charge is -2.05. The molecule has 0 aliphatic carbocycles. The highest BCUT2D eigenvalue weighted by molar-refractivity contribution is 7.15. The molecule has 3 rings (SSSR count). The number of amides is 1. The predicted octanol–water partition coefficient (Wildman–Crippen LogP) is 4.20. The zero-order chi connectivity index (χ0) is 17.8. The van der Waals surface area contributed by atoms with Crippen LogP contribution in [0.5, 0.6) is 0 Å². The van der Waals surface area contributed by atoms with E-state index < -0.39 is 0 Å². The molecular formula is C18H20N4O2S. The first-order chi connectivity index (χ1) is 12.0. The first kappa shape index (κ1) is 17.3. The summed E-state index contributed by atoms with van der Waals surface area (Å²) < 4.78 is 5.76. The van der Waals surface area contributed by atoms with E-state index in [1.54, 1.807) is 6.20 Å². The van der Waals surface area contributed by atoms with E-state index in [0.29, 0.717) is 29.1 Å². The smallest absolute Gasteiger partial charge is 0.226 e. The summed E-state index contributed by atoms with van der Waals surface area (Å²) in [6.45, 7) is 6.17. The molecule has 0 aliphatic heterocycles. The van der Waals surface area contributed by atoms with Crippen molar-refractivity contribution >= 4 is 22.4 Å². The Morgan fingerprint density at radius 1 is 1.24 bits per heavy atom. The van der Waals surface area contributed by atoms with E-state index in [1.807, 2.05) is 19.1 Å². The van der Waals surface area contributed by atoms with Crippen LogP contribution in [0.3, 0.4) is 0 Å². The lowest BCUT2D eigenvalue weighted by atomic mass is 10.0. The van der Waals surface area contributed by atoms with Gasteiger partial charge in [-0.05, 0) is 18.4 Å². The summed E-state index contributed by atoms with van der Waals surface area (Å²) in [7, 11) is 0. The highest BCUT2D eigenvalue weighted by Crippen LogP contribution is 2.24. The highest BCUT2D eigenvalue weighted by Gasteiger charge is 2.11. The lowest BCUT2D eigenvalue weighted by Crippen LogP contribution is -2.12. The highest BCUT2D eigenvalue weighted by atomic mass is 32.1. The second kappa shape index (κ2) is 7.57. The molecule has 0 atom stereocenters. The van der Waals surface area contributed by atoms with Crippen LogP contribution in [0.2, 0.25) is 0 Å². The molecule has 2 aromatic heterocycles. The van der Waals surface area contributed by atoms with Crippen molar-refractivity contribution in [1.29, 1.82) is 0 Å². The van der Waals surface area contributed by atoms with Crippen molar-refractivity contribution in [2.75, 3.05) is 5.32 Å². The van der Waals surface area contributed by atoms with Gasteiger partial charge in [-0.25, -0.2) is 4.98 Å². The average molecular weight is 356 g/mol. The van der Waals surface area contributed by atoms with Crippen LogP contribution in [0, 0.1) is 6.92 Å². The van der Waals surface area contributed by atoms with Gasteiger partial charge < -0.3 is 9.73 Å². The van der Waals surface area contributed by atoms with E-state index >= 15 is 0 Å². The summed E-state index contributed by atoms with van der Waals surface area (Å²) in [5, 5.41) is 11.8. The molecule has 1 N–H and O–H groups in total. The number of aryl methyl sites for hydroxylation is 2. The minimum absolute atomic E-state index is 0.128. The lowest BCUT2D eigenvalue weighted by molar-refractivity contribution is -0.116. The third-order valence-corrected chi connectivity index (χ3v) is 4.51. The molecule has 0 aliphatic rings. The van der Waals surface area contributed by atoms with E-state index in [-0.39, 0.29) is 12.3 Å². The molecule has 0 bridgehead atoms. The zero-order valence-corrected chi connectivity index (χ0v) is 15.3. The molecule has 0 unspecified atom stereocenters. The third kappa shape index (κ3) is 4.51. The van der Waals surface area contributed by atoms with Crippen LogP contribution < -0.4 is 5.32 Å². The maximum Gasteiger partial charge on any atom is 0.226 e. The van der Waals surface area contributed by atoms with Crippen LogP contribution in [0.15, 0.2) is 34.9 Å². The number of benzene rings is 1. The van der Waals surface area contributed by atoms with Crippen molar-refractivity contribution < 1.29 is 9.21 Å². The van der Waals surface area contributed by atoms with Crippen LogP contribution in [0.1, 0.15) is 42.6 Å². The van der Waals surface area contributed by atoms with Gasteiger partial charge in [0, 0.05) is 18.4 Å². The van der Waals surface area contributed by atoms with Gasteiger partial charge in [0.1, 0.15) is 5.01 Å². The molecule has 6 nitrogen and oxygen atoms in total. The zero-order valence-electron chi connectivity index (χ0n) is 14.4. The Kier molecular flexibility index (Phi) is 5.23. The Morgan fingerprint density at radius 2 is 2.00 bits per heavy atom. The Bertz CT molecular complexity index is 852. The Balaban J connectivity index is 1.57. The molecule has 3 aromatic rings. The van der Waals surface area contributed by atoms with Gasteiger partial charge in [-0.2, -0.15) is 0 Å². The second-order valence-corrected chi connectivity index (χ2v) is 7.25. The first-order valence-electron chi connectivity index (χ1n) is 8.16. The fraction of sp³-hybridized carbons (Fsp3) is 0.333. The monoisotopic (exact) mass is 356 g/mol. The van der Waals surface area contributed by atoms with E-state index in [0.717, 1.165) is 10.6 Å². The summed E-state index contributed by atoms with van der Waals surface area (Å²) >= 11 is 1.35. The van der Waals surface area contributed by atoms with Crippen LogP contribution in [-0.4, -0.2) is 21.1 Å². The number of anilines is 1. The Morgan fingerprint density at radius 3 is 2.64 bits per heavy atom. The summed E-state index contributed by atoms with van der Waals surface area (Å²) in [5.74, 6) is 1.63. The van der Waals surface area contributed by atoms with E-state index in [2.05, 4.69) is 46.5 Å². The number of carbonyl (C=O) groups excluding carboxylic acids is 1. The molecule has 1 aromatic carbocycles. The molecule has 25 heavy (non-hydrogen) atoms. The molecule has 7 heteroatoms. The van der Waals surface area contributed by atoms with Crippen LogP contribution >= 0.6 is 11.3 Å². The number of carbonyl (C=O) groups is 1. The molecule has 0 radical (unpaired) electrons. The molecule has 1 amide bonds. The minimum Gasteiger partial charge on any atom is -0.441 e. The van der Waals surface area contributed by atoms with Crippen LogP contribution in [0.4, 0.5) is 5.13 Å². The summed E-state index contributed by atoms with van der Waals surface area (Å²) in [4.78, 5) is 16.2. The predicted molar refractivity (Wildman–Crippen MR) is 97.6 cm³/mol. The quantitative estimate of drug-likeness (QED) is 0.716. The first-order valence-corrected chi connectivity index (χ1v) is 8.98. The molecule has 0 saturated carbocycles. The van der Waals surface area contributed by atoms with Gasteiger partial charge in [0.25, 0.3) is 0 Å². The average Bonchev–Trinajstić information content (AvgIpc) is 3.22. The van der Waals surface area contributed by atoms with Gasteiger partial charge in [0.05, 0.1) is 6.20 Å². The van der Waals surface area contributed by atoms with Crippen molar-refractivity contribution in [2.45, 2.75) is 39.5 Å². The van der Waals surface area contributed by atoms with Gasteiger partial charge in [0.2, 0.25) is 11.0 Å². The van der Waals surface area contributed by atoms with Crippen molar-refractivity contribution in [3.05, 3.63) is 46.9 Å². The number of nitrogens with one attached hydrogen (secondary N) is 1. The van der Waals surface area contributed by atoms with Crippen molar-refractivity contribution in [2.24, 2.45) is 0 Å².